The van der Waals surface area contributed by atoms with Crippen molar-refractivity contribution in [2.75, 3.05) is 25.0 Å². The number of aromatic nitrogens is 3. The molecule has 0 atom stereocenters. The third kappa shape index (κ3) is 4.26. The van der Waals surface area contributed by atoms with Crippen LogP contribution in [-0.2, 0) is 13.2 Å². The molecule has 2 aromatic rings. The van der Waals surface area contributed by atoms with Gasteiger partial charge in [-0.1, -0.05) is 0 Å². The van der Waals surface area contributed by atoms with E-state index < -0.39 is 11.7 Å². The van der Waals surface area contributed by atoms with Crippen LogP contribution in [0.15, 0.2) is 29.0 Å². The Morgan fingerprint density at radius 1 is 1.33 bits per heavy atom. The number of halogens is 4. The maximum absolute atomic E-state index is 12.8. The first kappa shape index (κ1) is 19.7. The zero-order valence-electron chi connectivity index (χ0n) is 14.9. The Hall–Kier alpha value is -2.10. The van der Waals surface area contributed by atoms with E-state index in [1.165, 1.54) is 0 Å². The first-order valence-electron chi connectivity index (χ1n) is 8.41. The number of carbonyl (C=O) groups excluding carboxylic acids is 1. The third-order valence-corrected chi connectivity index (χ3v) is 5.30. The van der Waals surface area contributed by atoms with Crippen molar-refractivity contribution in [2.24, 2.45) is 7.05 Å². The molecule has 1 fully saturated rings. The number of alkyl halides is 3. The molecule has 10 heteroatoms. The van der Waals surface area contributed by atoms with Gasteiger partial charge in [-0.05, 0) is 40.9 Å². The molecule has 146 valence electrons. The van der Waals surface area contributed by atoms with E-state index in [2.05, 4.69) is 26.0 Å². The maximum Gasteiger partial charge on any atom is 0.417 e. The van der Waals surface area contributed by atoms with Crippen molar-refractivity contribution >= 4 is 27.7 Å². The summed E-state index contributed by atoms with van der Waals surface area (Å²) < 4.78 is 40.2. The number of anilines is 1. The fraction of sp³-hybridized carbons (Fsp3) is 0.471. The average Bonchev–Trinajstić information content (AvgIpc) is 3.06. The Labute approximate surface area is 163 Å². The molecule has 0 saturated carbocycles. The minimum Gasteiger partial charge on any atom is -0.356 e. The number of piperidine rings is 1. The molecule has 0 radical (unpaired) electrons. The van der Waals surface area contributed by atoms with E-state index in [9.17, 15) is 18.0 Å². The summed E-state index contributed by atoms with van der Waals surface area (Å²) in [5.74, 6) is 0.350. The van der Waals surface area contributed by atoms with Crippen molar-refractivity contribution in [3.05, 3.63) is 40.3 Å². The standard InChI is InChI=1S/C17H19BrF3N5O/c1-24-6-5-14(23-24)16(27)25(2)12-3-7-26(8-4-12)15-13(18)9-11(10-22-15)17(19,20)21/h5-6,9-10,12H,3-4,7-8H2,1-2H3. The monoisotopic (exact) mass is 445 g/mol. The zero-order valence-corrected chi connectivity index (χ0v) is 16.5. The highest BCUT2D eigenvalue weighted by Gasteiger charge is 2.33. The van der Waals surface area contributed by atoms with E-state index >= 15 is 0 Å². The summed E-state index contributed by atoms with van der Waals surface area (Å²) >= 11 is 3.20. The van der Waals surface area contributed by atoms with Crippen molar-refractivity contribution in [1.29, 1.82) is 0 Å². The summed E-state index contributed by atoms with van der Waals surface area (Å²) in [7, 11) is 3.51. The predicted molar refractivity (Wildman–Crippen MR) is 97.5 cm³/mol. The van der Waals surface area contributed by atoms with Gasteiger partial charge < -0.3 is 9.80 Å². The average molecular weight is 446 g/mol. The summed E-state index contributed by atoms with van der Waals surface area (Å²) in [6, 6.07) is 2.77. The highest BCUT2D eigenvalue weighted by molar-refractivity contribution is 9.10. The van der Waals surface area contributed by atoms with Gasteiger partial charge >= 0.3 is 6.18 Å². The van der Waals surface area contributed by atoms with Gasteiger partial charge in [-0.2, -0.15) is 18.3 Å². The Balaban J connectivity index is 1.64. The van der Waals surface area contributed by atoms with Crippen molar-refractivity contribution in [1.82, 2.24) is 19.7 Å². The Morgan fingerprint density at radius 2 is 2.00 bits per heavy atom. The molecule has 3 rings (SSSR count). The number of nitrogens with zero attached hydrogens (tertiary/aromatic N) is 5. The molecule has 6 nitrogen and oxygen atoms in total. The molecule has 1 aliphatic rings. The lowest BCUT2D eigenvalue weighted by Gasteiger charge is -2.37. The van der Waals surface area contributed by atoms with E-state index in [1.54, 1.807) is 35.9 Å². The molecular weight excluding hydrogens is 427 g/mol. The van der Waals surface area contributed by atoms with Crippen LogP contribution >= 0.6 is 15.9 Å². The van der Waals surface area contributed by atoms with Crippen molar-refractivity contribution in [3.63, 3.8) is 0 Å². The summed E-state index contributed by atoms with van der Waals surface area (Å²) in [4.78, 5) is 20.1. The fourth-order valence-electron chi connectivity index (χ4n) is 3.16. The molecule has 0 aromatic carbocycles. The molecule has 0 aliphatic carbocycles. The normalized spacial score (nSPS) is 15.9. The lowest BCUT2D eigenvalue weighted by Crippen LogP contribution is -2.46. The molecule has 1 saturated heterocycles. The third-order valence-electron chi connectivity index (χ3n) is 4.71. The number of carbonyl (C=O) groups is 1. The predicted octanol–water partition coefficient (Wildman–Crippen LogP) is 3.34. The van der Waals surface area contributed by atoms with Crippen LogP contribution in [0.1, 0.15) is 28.9 Å². The van der Waals surface area contributed by atoms with Crippen LogP contribution in [0, 0.1) is 0 Å². The Morgan fingerprint density at radius 3 is 2.52 bits per heavy atom. The molecule has 1 amide bonds. The summed E-state index contributed by atoms with van der Waals surface area (Å²) in [5, 5.41) is 4.14. The molecule has 27 heavy (non-hydrogen) atoms. The van der Waals surface area contributed by atoms with E-state index in [4.69, 9.17) is 0 Å². The summed E-state index contributed by atoms with van der Waals surface area (Å²) in [6.07, 6.45) is -0.454. The number of rotatable bonds is 3. The number of aryl methyl sites for hydroxylation is 1. The Bertz CT molecular complexity index is 830. The molecule has 0 spiro atoms. The first-order valence-corrected chi connectivity index (χ1v) is 9.20. The van der Waals surface area contributed by atoms with E-state index in [1.807, 2.05) is 4.90 Å². The van der Waals surface area contributed by atoms with Crippen molar-refractivity contribution in [3.8, 4) is 0 Å². The molecule has 0 N–H and O–H groups in total. The highest BCUT2D eigenvalue weighted by atomic mass is 79.9. The lowest BCUT2D eigenvalue weighted by molar-refractivity contribution is -0.137. The van der Waals surface area contributed by atoms with E-state index in [0.717, 1.165) is 12.3 Å². The van der Waals surface area contributed by atoms with Gasteiger partial charge in [0.2, 0.25) is 0 Å². The number of hydrogen-bond donors (Lipinski definition) is 0. The topological polar surface area (TPSA) is 54.3 Å². The molecule has 0 bridgehead atoms. The second-order valence-electron chi connectivity index (χ2n) is 6.54. The van der Waals surface area contributed by atoms with Gasteiger partial charge in [-0.3, -0.25) is 9.48 Å². The molecule has 1 aliphatic heterocycles. The quantitative estimate of drug-likeness (QED) is 0.726. The van der Waals surface area contributed by atoms with Crippen molar-refractivity contribution < 1.29 is 18.0 Å². The van der Waals surface area contributed by atoms with E-state index in [0.29, 0.717) is 41.9 Å². The van der Waals surface area contributed by atoms with Crippen molar-refractivity contribution in [2.45, 2.75) is 25.1 Å². The van der Waals surface area contributed by atoms with Crippen LogP contribution in [-0.4, -0.2) is 51.8 Å². The molecular formula is C17H19BrF3N5O. The second-order valence-corrected chi connectivity index (χ2v) is 7.39. The largest absolute Gasteiger partial charge is 0.417 e. The molecule has 2 aromatic heterocycles. The van der Waals surface area contributed by atoms with Gasteiger partial charge in [0.1, 0.15) is 11.5 Å². The van der Waals surface area contributed by atoms with Gasteiger partial charge in [-0.15, -0.1) is 0 Å². The minimum absolute atomic E-state index is 0.0454. The fourth-order valence-corrected chi connectivity index (χ4v) is 3.76. The second kappa shape index (κ2) is 7.49. The van der Waals surface area contributed by atoms with Crippen LogP contribution in [0.2, 0.25) is 0 Å². The van der Waals surface area contributed by atoms with Crippen LogP contribution < -0.4 is 4.90 Å². The molecule has 0 unspecified atom stereocenters. The first-order chi connectivity index (χ1) is 12.7. The SMILES string of the molecule is CN(C(=O)c1ccn(C)n1)C1CCN(c2ncc(C(F)(F)F)cc2Br)CC1. The van der Waals surface area contributed by atoms with Gasteiger partial charge in [0.15, 0.2) is 0 Å². The van der Waals surface area contributed by atoms with Crippen LogP contribution in [0.5, 0.6) is 0 Å². The van der Waals surface area contributed by atoms with Crippen LogP contribution in [0.25, 0.3) is 0 Å². The smallest absolute Gasteiger partial charge is 0.356 e. The van der Waals surface area contributed by atoms with Gasteiger partial charge in [0, 0.05) is 45.6 Å². The van der Waals surface area contributed by atoms with Gasteiger partial charge in [0.05, 0.1) is 10.0 Å². The number of pyridine rings is 1. The zero-order chi connectivity index (χ0) is 19.8. The maximum atomic E-state index is 12.8. The number of hydrogen-bond acceptors (Lipinski definition) is 4. The highest BCUT2D eigenvalue weighted by Crippen LogP contribution is 2.34. The Kier molecular flexibility index (Phi) is 5.45. The van der Waals surface area contributed by atoms with Gasteiger partial charge in [0.25, 0.3) is 5.91 Å². The minimum atomic E-state index is -4.42. The number of amides is 1. The lowest BCUT2D eigenvalue weighted by atomic mass is 10.0. The van der Waals surface area contributed by atoms with Crippen LogP contribution in [0.4, 0.5) is 19.0 Å². The summed E-state index contributed by atoms with van der Waals surface area (Å²) in [6.45, 7) is 1.20. The van der Waals surface area contributed by atoms with Gasteiger partial charge in [-0.25, -0.2) is 4.98 Å². The molecule has 3 heterocycles. The van der Waals surface area contributed by atoms with Crippen LogP contribution in [0.3, 0.4) is 0 Å². The van der Waals surface area contributed by atoms with E-state index in [-0.39, 0.29) is 11.9 Å². The summed E-state index contributed by atoms with van der Waals surface area (Å²) in [5.41, 5.74) is -0.386.